The van der Waals surface area contributed by atoms with Gasteiger partial charge in [-0.25, -0.2) is 11.7 Å². The van der Waals surface area contributed by atoms with Crippen LogP contribution in [0.1, 0.15) is 16.7 Å². The van der Waals surface area contributed by atoms with E-state index in [1.165, 1.54) is 11.1 Å². The molecule has 0 bridgehead atoms. The Balaban J connectivity index is 0.000000541. The van der Waals surface area contributed by atoms with Gasteiger partial charge in [0, 0.05) is 12.6 Å². The minimum absolute atomic E-state index is 0.403. The van der Waals surface area contributed by atoms with Gasteiger partial charge in [0.2, 0.25) is 6.41 Å². The smallest absolute Gasteiger partial charge is 0.221 e. The van der Waals surface area contributed by atoms with Gasteiger partial charge in [-0.05, 0) is 24.1 Å². The van der Waals surface area contributed by atoms with Gasteiger partial charge in [-0.3, -0.25) is 10.2 Å². The number of carbonyl (C=O) groups excluding carboxylic acids is 1. The fraction of sp³-hybridized carbons (Fsp3) is 0.118. The molecular weight excluding hydrogens is 276 g/mol. The highest BCUT2D eigenvalue weighted by molar-refractivity contribution is 5.78. The number of hydrazine groups is 2. The van der Waals surface area contributed by atoms with Crippen LogP contribution in [0, 0.1) is 6.92 Å². The number of carbonyl (C=O) groups is 1. The summed E-state index contributed by atoms with van der Waals surface area (Å²) in [7, 11) is 1.86. The van der Waals surface area contributed by atoms with Crippen LogP contribution in [0.4, 0.5) is 5.69 Å². The molecule has 0 atom stereocenters. The summed E-state index contributed by atoms with van der Waals surface area (Å²) in [4.78, 5) is 8.94. The number of nitrogens with two attached hydrogens (primary N) is 2. The minimum Gasteiger partial charge on any atom is -0.314 e. The molecule has 0 fully saturated rings. The van der Waals surface area contributed by atoms with Gasteiger partial charge in [-0.2, -0.15) is 0 Å². The summed E-state index contributed by atoms with van der Waals surface area (Å²) in [5, 5.41) is 1.65. The topological polar surface area (TPSA) is 84.4 Å². The number of hydrogen-bond donors (Lipinski definition) is 3. The average molecular weight is 298 g/mol. The predicted octanol–water partition coefficient (Wildman–Crippen LogP) is 2.08. The molecule has 0 saturated heterocycles. The Hall–Kier alpha value is -2.63. The first-order valence-corrected chi connectivity index (χ1v) is 6.81. The van der Waals surface area contributed by atoms with Gasteiger partial charge in [0.1, 0.15) is 0 Å². The van der Waals surface area contributed by atoms with Crippen molar-refractivity contribution in [3.05, 3.63) is 65.2 Å². The van der Waals surface area contributed by atoms with E-state index in [1.54, 1.807) is 10.4 Å². The molecule has 0 saturated carbocycles. The summed E-state index contributed by atoms with van der Waals surface area (Å²) in [5.74, 6) is 10.3. The largest absolute Gasteiger partial charge is 0.314 e. The molecule has 0 aliphatic heterocycles. The first-order valence-electron chi connectivity index (χ1n) is 6.81. The zero-order valence-corrected chi connectivity index (χ0v) is 12.9. The molecule has 2 rings (SSSR count). The van der Waals surface area contributed by atoms with Crippen molar-refractivity contribution >= 4 is 24.2 Å². The molecule has 5 heteroatoms. The van der Waals surface area contributed by atoms with Crippen molar-refractivity contribution in [1.82, 2.24) is 5.43 Å². The van der Waals surface area contributed by atoms with Crippen molar-refractivity contribution in [2.24, 2.45) is 11.7 Å². The Bertz CT molecular complexity index is 609. The monoisotopic (exact) mass is 298 g/mol. The average Bonchev–Trinajstić information content (AvgIpc) is 2.54. The summed E-state index contributed by atoms with van der Waals surface area (Å²) >= 11 is 0. The summed E-state index contributed by atoms with van der Waals surface area (Å²) in [6, 6.07) is 16.4. The highest BCUT2D eigenvalue weighted by atomic mass is 16.1. The normalized spacial score (nSPS) is 9.82. The fourth-order valence-electron chi connectivity index (χ4n) is 1.93. The molecule has 2 aromatic carbocycles. The lowest BCUT2D eigenvalue weighted by atomic mass is 10.0. The highest BCUT2D eigenvalue weighted by Gasteiger charge is 2.04. The van der Waals surface area contributed by atoms with Crippen LogP contribution in [0.3, 0.4) is 0 Å². The van der Waals surface area contributed by atoms with Crippen LogP contribution in [0.5, 0.6) is 0 Å². The van der Waals surface area contributed by atoms with Crippen molar-refractivity contribution in [1.29, 1.82) is 0 Å². The van der Waals surface area contributed by atoms with Gasteiger partial charge in [0.15, 0.2) is 0 Å². The lowest BCUT2D eigenvalue weighted by Gasteiger charge is -2.16. The van der Waals surface area contributed by atoms with Gasteiger partial charge in [0.25, 0.3) is 0 Å². The van der Waals surface area contributed by atoms with E-state index in [-0.39, 0.29) is 0 Å². The first kappa shape index (κ1) is 17.4. The van der Waals surface area contributed by atoms with E-state index in [2.05, 4.69) is 43.1 Å². The number of rotatable bonds is 4. The highest BCUT2D eigenvalue weighted by Crippen LogP contribution is 2.23. The maximum Gasteiger partial charge on any atom is 0.221 e. The van der Waals surface area contributed by atoms with E-state index >= 15 is 0 Å². The Morgan fingerprint density at radius 3 is 2.23 bits per heavy atom. The van der Waals surface area contributed by atoms with Crippen molar-refractivity contribution in [3.8, 4) is 0 Å². The van der Waals surface area contributed by atoms with E-state index in [0.717, 1.165) is 11.3 Å². The van der Waals surface area contributed by atoms with Gasteiger partial charge >= 0.3 is 0 Å². The number of nitrogens with zero attached hydrogens (tertiary/aromatic N) is 1. The third-order valence-electron chi connectivity index (χ3n) is 2.99. The molecule has 0 aliphatic carbocycles. The van der Waals surface area contributed by atoms with E-state index in [4.69, 9.17) is 10.6 Å². The molecule has 1 amide bonds. The number of benzene rings is 2. The molecule has 0 spiro atoms. The Kier molecular flexibility index (Phi) is 7.39. The summed E-state index contributed by atoms with van der Waals surface area (Å²) in [5.41, 5.74) is 6.34. The van der Waals surface area contributed by atoms with Gasteiger partial charge in [-0.1, -0.05) is 54.6 Å². The van der Waals surface area contributed by atoms with Crippen LogP contribution < -0.4 is 22.1 Å². The molecule has 0 aliphatic rings. The van der Waals surface area contributed by atoms with Crippen LogP contribution in [0.2, 0.25) is 0 Å². The van der Waals surface area contributed by atoms with E-state index in [9.17, 15) is 0 Å². The summed E-state index contributed by atoms with van der Waals surface area (Å²) < 4.78 is 0. The van der Waals surface area contributed by atoms with Crippen LogP contribution in [-0.4, -0.2) is 13.5 Å². The van der Waals surface area contributed by atoms with Crippen LogP contribution in [0.25, 0.3) is 12.2 Å². The van der Waals surface area contributed by atoms with Gasteiger partial charge in [-0.15, -0.1) is 0 Å². The summed E-state index contributed by atoms with van der Waals surface area (Å²) in [6.45, 7) is 2.09. The van der Waals surface area contributed by atoms with Crippen molar-refractivity contribution in [3.63, 3.8) is 0 Å². The standard InChI is InChI=1S/C16H18N2.CH4N2O/c1-13-7-6-10-16(18(2)17)15(13)12-11-14-8-4-3-5-9-14;2-3-1-4/h3-12H,17H2,1-2H3;1H,2H2,(H,3,4)/b12-11+;. The Labute approximate surface area is 131 Å². The van der Waals surface area contributed by atoms with Gasteiger partial charge in [0.05, 0.1) is 5.69 Å². The quantitative estimate of drug-likeness (QED) is 0.265. The predicted molar refractivity (Wildman–Crippen MR) is 92.5 cm³/mol. The Morgan fingerprint density at radius 2 is 1.68 bits per heavy atom. The zero-order valence-electron chi connectivity index (χ0n) is 12.9. The molecule has 5 N–H and O–H groups in total. The molecule has 0 heterocycles. The number of hydrogen-bond acceptors (Lipinski definition) is 4. The van der Waals surface area contributed by atoms with Crippen LogP contribution >= 0.6 is 0 Å². The maximum atomic E-state index is 8.94. The SMILES string of the molecule is Cc1cccc(N(C)N)c1/C=C/c1ccccc1.NNC=O. The lowest BCUT2D eigenvalue weighted by molar-refractivity contribution is -0.109. The van der Waals surface area contributed by atoms with E-state index in [0.29, 0.717) is 6.41 Å². The number of nitrogens with one attached hydrogen (secondary N) is 1. The second-order valence-electron chi connectivity index (χ2n) is 4.65. The minimum atomic E-state index is 0.403. The number of anilines is 1. The molecule has 116 valence electrons. The third-order valence-corrected chi connectivity index (χ3v) is 2.99. The van der Waals surface area contributed by atoms with E-state index < -0.39 is 0 Å². The van der Waals surface area contributed by atoms with Crippen molar-refractivity contribution < 1.29 is 4.79 Å². The number of amides is 1. The second kappa shape index (κ2) is 9.33. The van der Waals surface area contributed by atoms with Crippen molar-refractivity contribution in [2.75, 3.05) is 12.1 Å². The van der Waals surface area contributed by atoms with Gasteiger partial charge < -0.3 is 5.01 Å². The van der Waals surface area contributed by atoms with Crippen LogP contribution in [-0.2, 0) is 4.79 Å². The fourth-order valence-corrected chi connectivity index (χ4v) is 1.93. The molecule has 0 radical (unpaired) electrons. The molecule has 22 heavy (non-hydrogen) atoms. The number of aryl methyl sites for hydroxylation is 1. The lowest BCUT2D eigenvalue weighted by Crippen LogP contribution is -2.25. The third kappa shape index (κ3) is 5.40. The summed E-state index contributed by atoms with van der Waals surface area (Å²) in [6.07, 6.45) is 4.62. The zero-order chi connectivity index (χ0) is 16.4. The van der Waals surface area contributed by atoms with E-state index in [1.807, 2.05) is 37.4 Å². The molecule has 0 unspecified atom stereocenters. The maximum absolute atomic E-state index is 8.94. The van der Waals surface area contributed by atoms with Crippen LogP contribution in [0.15, 0.2) is 48.5 Å². The van der Waals surface area contributed by atoms with Crippen molar-refractivity contribution in [2.45, 2.75) is 6.92 Å². The second-order valence-corrected chi connectivity index (χ2v) is 4.65. The molecule has 0 aromatic heterocycles. The molecule has 2 aromatic rings. The first-order chi connectivity index (χ1) is 10.6. The molecule has 5 nitrogen and oxygen atoms in total. The Morgan fingerprint density at radius 1 is 1.05 bits per heavy atom. The molecular formula is C17H22N4O.